The van der Waals surface area contributed by atoms with Crippen molar-refractivity contribution in [3.63, 3.8) is 0 Å². The van der Waals surface area contributed by atoms with Gasteiger partial charge in [-0.1, -0.05) is 48.5 Å². The zero-order valence-corrected chi connectivity index (χ0v) is 21.8. The van der Waals surface area contributed by atoms with Crippen LogP contribution in [0.3, 0.4) is 0 Å². The minimum absolute atomic E-state index is 0.0479. The monoisotopic (exact) mass is 541 g/mol. The van der Waals surface area contributed by atoms with Crippen LogP contribution in [0.2, 0.25) is 0 Å². The number of ether oxygens (including phenoxy) is 2. The van der Waals surface area contributed by atoms with Crippen LogP contribution in [-0.2, 0) is 32.7 Å². The van der Waals surface area contributed by atoms with Crippen molar-refractivity contribution in [3.05, 3.63) is 95.3 Å². The molecule has 0 saturated carbocycles. The SMILES string of the molecule is CN(CC(=O)N(Cc1ccc(F)cc1)[C@@H](C(=O)NCc1ccc2c(c1)OCO2)c1ccccc1)S(C)(=O)=O. The number of rotatable bonds is 10. The highest BCUT2D eigenvalue weighted by Gasteiger charge is 2.33. The van der Waals surface area contributed by atoms with Crippen LogP contribution in [0.15, 0.2) is 72.8 Å². The molecule has 0 radical (unpaired) electrons. The summed E-state index contributed by atoms with van der Waals surface area (Å²) in [6, 6.07) is 18.5. The van der Waals surface area contributed by atoms with E-state index in [0.29, 0.717) is 22.6 Å². The Morgan fingerprint density at radius 3 is 2.32 bits per heavy atom. The highest BCUT2D eigenvalue weighted by molar-refractivity contribution is 7.88. The second-order valence-corrected chi connectivity index (χ2v) is 11.0. The molecule has 0 unspecified atom stereocenters. The molecule has 1 aliphatic heterocycles. The Morgan fingerprint density at radius 1 is 0.974 bits per heavy atom. The molecule has 0 saturated heterocycles. The third-order valence-corrected chi connectivity index (χ3v) is 7.35. The molecule has 1 aliphatic rings. The van der Waals surface area contributed by atoms with Gasteiger partial charge < -0.3 is 19.7 Å². The first-order chi connectivity index (χ1) is 18.1. The first-order valence-electron chi connectivity index (χ1n) is 11.8. The van der Waals surface area contributed by atoms with Crippen molar-refractivity contribution in [1.82, 2.24) is 14.5 Å². The molecular weight excluding hydrogens is 513 g/mol. The highest BCUT2D eigenvalue weighted by atomic mass is 32.2. The van der Waals surface area contributed by atoms with Gasteiger partial charge in [0.15, 0.2) is 11.5 Å². The van der Waals surface area contributed by atoms with Gasteiger partial charge in [0.1, 0.15) is 11.9 Å². The number of nitrogens with zero attached hydrogens (tertiary/aromatic N) is 2. The predicted molar refractivity (Wildman–Crippen MR) is 138 cm³/mol. The number of carbonyl (C=O) groups excluding carboxylic acids is 2. The number of hydrogen-bond acceptors (Lipinski definition) is 6. The molecule has 9 nitrogen and oxygen atoms in total. The van der Waals surface area contributed by atoms with E-state index in [1.807, 2.05) is 0 Å². The van der Waals surface area contributed by atoms with Gasteiger partial charge in [-0.25, -0.2) is 12.8 Å². The van der Waals surface area contributed by atoms with Crippen LogP contribution in [0.1, 0.15) is 22.7 Å². The lowest BCUT2D eigenvalue weighted by Gasteiger charge is -2.32. The van der Waals surface area contributed by atoms with Gasteiger partial charge in [-0.15, -0.1) is 0 Å². The van der Waals surface area contributed by atoms with Crippen LogP contribution in [-0.4, -0.2) is 56.1 Å². The summed E-state index contributed by atoms with van der Waals surface area (Å²) >= 11 is 0. The number of hydrogen-bond donors (Lipinski definition) is 1. The lowest BCUT2D eigenvalue weighted by atomic mass is 10.0. The Balaban J connectivity index is 1.64. The second kappa shape index (κ2) is 11.6. The number of fused-ring (bicyclic) bond motifs is 1. The molecule has 1 N–H and O–H groups in total. The molecule has 1 atom stereocenters. The van der Waals surface area contributed by atoms with Gasteiger partial charge in [-0.3, -0.25) is 9.59 Å². The molecule has 0 aliphatic carbocycles. The van der Waals surface area contributed by atoms with Crippen LogP contribution >= 0.6 is 0 Å². The molecule has 0 spiro atoms. The van der Waals surface area contributed by atoms with Crippen molar-refractivity contribution in [1.29, 1.82) is 0 Å². The maximum atomic E-state index is 13.7. The van der Waals surface area contributed by atoms with E-state index in [1.165, 1.54) is 36.2 Å². The van der Waals surface area contributed by atoms with Gasteiger partial charge in [0.25, 0.3) is 0 Å². The number of benzene rings is 3. The highest BCUT2D eigenvalue weighted by Crippen LogP contribution is 2.32. The maximum absolute atomic E-state index is 13.7. The number of halogens is 1. The maximum Gasteiger partial charge on any atom is 0.247 e. The topological polar surface area (TPSA) is 105 Å². The summed E-state index contributed by atoms with van der Waals surface area (Å²) in [6.07, 6.45) is 0.997. The Bertz CT molecular complexity index is 1400. The average Bonchev–Trinajstić information content (AvgIpc) is 3.36. The van der Waals surface area contributed by atoms with Gasteiger partial charge in [-0.2, -0.15) is 4.31 Å². The lowest BCUT2D eigenvalue weighted by molar-refractivity contribution is -0.141. The molecule has 2 amide bonds. The normalized spacial score (nSPS) is 13.3. The van der Waals surface area contributed by atoms with Crippen molar-refractivity contribution in [3.8, 4) is 11.5 Å². The van der Waals surface area contributed by atoms with E-state index in [2.05, 4.69) is 5.32 Å². The summed E-state index contributed by atoms with van der Waals surface area (Å²) in [4.78, 5) is 28.5. The van der Waals surface area contributed by atoms with Crippen molar-refractivity contribution in [2.24, 2.45) is 0 Å². The molecule has 11 heteroatoms. The van der Waals surface area contributed by atoms with E-state index in [4.69, 9.17) is 9.47 Å². The Hall–Kier alpha value is -3.96. The molecule has 38 heavy (non-hydrogen) atoms. The fourth-order valence-corrected chi connectivity index (χ4v) is 4.30. The number of likely N-dealkylation sites (N-methyl/N-ethyl adjacent to an activating group) is 1. The van der Waals surface area contributed by atoms with Gasteiger partial charge >= 0.3 is 0 Å². The van der Waals surface area contributed by atoms with Crippen molar-refractivity contribution in [2.45, 2.75) is 19.1 Å². The molecule has 0 aromatic heterocycles. The summed E-state index contributed by atoms with van der Waals surface area (Å²) < 4.78 is 49.2. The van der Waals surface area contributed by atoms with E-state index in [-0.39, 0.29) is 19.9 Å². The lowest BCUT2D eigenvalue weighted by Crippen LogP contribution is -2.47. The van der Waals surface area contributed by atoms with E-state index >= 15 is 0 Å². The van der Waals surface area contributed by atoms with E-state index in [1.54, 1.807) is 48.5 Å². The fourth-order valence-electron chi connectivity index (χ4n) is 3.95. The fraction of sp³-hybridized carbons (Fsp3) is 0.259. The third-order valence-electron chi connectivity index (χ3n) is 6.09. The van der Waals surface area contributed by atoms with Gasteiger partial charge in [0.05, 0.1) is 12.8 Å². The molecule has 200 valence electrons. The zero-order valence-electron chi connectivity index (χ0n) is 21.0. The minimum Gasteiger partial charge on any atom is -0.454 e. The number of sulfonamides is 1. The van der Waals surface area contributed by atoms with Crippen LogP contribution in [0, 0.1) is 5.82 Å². The third kappa shape index (κ3) is 6.67. The standard InChI is InChI=1S/C27H28FN3O6S/c1-30(38(2,34)35)17-25(32)31(16-19-8-11-22(28)12-9-19)26(21-6-4-3-5-7-21)27(33)29-15-20-10-13-23-24(14-20)37-18-36-23/h3-14,26H,15-18H2,1-2H3,(H,29,33)/t26-/m1/s1. The molecule has 4 rings (SSSR count). The van der Waals surface area contributed by atoms with Crippen LogP contribution < -0.4 is 14.8 Å². The molecule has 3 aromatic carbocycles. The summed E-state index contributed by atoms with van der Waals surface area (Å²) in [5, 5.41) is 2.88. The quantitative estimate of drug-likeness (QED) is 0.423. The average molecular weight is 542 g/mol. The summed E-state index contributed by atoms with van der Waals surface area (Å²) in [6.45, 7) is -0.239. The summed E-state index contributed by atoms with van der Waals surface area (Å²) in [5.74, 6) is -0.299. The predicted octanol–water partition coefficient (Wildman–Crippen LogP) is 2.83. The molecule has 0 bridgehead atoms. The van der Waals surface area contributed by atoms with Crippen molar-refractivity contribution in [2.75, 3.05) is 26.6 Å². The van der Waals surface area contributed by atoms with Crippen LogP contribution in [0.25, 0.3) is 0 Å². The molecule has 1 heterocycles. The minimum atomic E-state index is -3.66. The van der Waals surface area contributed by atoms with E-state index in [9.17, 15) is 22.4 Å². The van der Waals surface area contributed by atoms with Crippen molar-refractivity contribution >= 4 is 21.8 Å². The summed E-state index contributed by atoms with van der Waals surface area (Å²) in [7, 11) is -2.37. The van der Waals surface area contributed by atoms with E-state index in [0.717, 1.165) is 16.1 Å². The molecule has 3 aromatic rings. The largest absolute Gasteiger partial charge is 0.454 e. The Kier molecular flexibility index (Phi) is 8.28. The summed E-state index contributed by atoms with van der Waals surface area (Å²) in [5.41, 5.74) is 1.88. The smallest absolute Gasteiger partial charge is 0.247 e. The molecular formula is C27H28FN3O6S. The number of amides is 2. The van der Waals surface area contributed by atoms with Crippen LogP contribution in [0.4, 0.5) is 4.39 Å². The zero-order chi connectivity index (χ0) is 27.3. The van der Waals surface area contributed by atoms with Gasteiger partial charge in [0.2, 0.25) is 28.6 Å². The molecule has 0 fully saturated rings. The Labute approximate surface area is 220 Å². The first-order valence-corrected chi connectivity index (χ1v) is 13.6. The van der Waals surface area contributed by atoms with E-state index < -0.39 is 40.2 Å². The van der Waals surface area contributed by atoms with Crippen molar-refractivity contribution < 1.29 is 31.9 Å². The van der Waals surface area contributed by atoms with Crippen LogP contribution in [0.5, 0.6) is 11.5 Å². The number of carbonyl (C=O) groups is 2. The Morgan fingerprint density at radius 2 is 1.63 bits per heavy atom. The first kappa shape index (κ1) is 27.1. The van der Waals surface area contributed by atoms with Gasteiger partial charge in [-0.05, 0) is 41.0 Å². The van der Waals surface area contributed by atoms with Gasteiger partial charge in [0, 0.05) is 20.1 Å². The number of nitrogens with one attached hydrogen (secondary N) is 1. The second-order valence-electron chi connectivity index (χ2n) is 8.89.